The van der Waals surface area contributed by atoms with Crippen molar-refractivity contribution in [1.82, 2.24) is 10.3 Å². The lowest BCUT2D eigenvalue weighted by Gasteiger charge is -2.06. The highest BCUT2D eigenvalue weighted by atomic mass is 16.4. The second-order valence-electron chi connectivity index (χ2n) is 3.72. The lowest BCUT2D eigenvalue weighted by Crippen LogP contribution is -2.22. The van der Waals surface area contributed by atoms with E-state index in [0.29, 0.717) is 6.42 Å². The third-order valence-electron chi connectivity index (χ3n) is 2.41. The standard InChI is InChI=1S/C11H18N2O2/c1-9(11(14)15)4-7-12-8-5-10-3-2-6-13-10/h2-3,6,9,12-13H,4-5,7-8H2,1H3,(H,14,15). The number of hydrogen-bond acceptors (Lipinski definition) is 2. The van der Waals surface area contributed by atoms with E-state index < -0.39 is 5.97 Å². The molecular formula is C11H18N2O2. The zero-order valence-electron chi connectivity index (χ0n) is 8.99. The van der Waals surface area contributed by atoms with Gasteiger partial charge >= 0.3 is 5.97 Å². The number of carbonyl (C=O) groups is 1. The molecule has 1 heterocycles. The summed E-state index contributed by atoms with van der Waals surface area (Å²) in [7, 11) is 0. The Balaban J connectivity index is 2.00. The quantitative estimate of drug-likeness (QED) is 0.593. The van der Waals surface area contributed by atoms with Gasteiger partial charge in [0, 0.05) is 18.4 Å². The minimum atomic E-state index is -0.721. The molecule has 4 nitrogen and oxygen atoms in total. The summed E-state index contributed by atoms with van der Waals surface area (Å²) < 4.78 is 0. The van der Waals surface area contributed by atoms with E-state index in [1.54, 1.807) is 6.92 Å². The Bertz CT molecular complexity index is 283. The van der Waals surface area contributed by atoms with Crippen molar-refractivity contribution in [3.8, 4) is 0 Å². The Morgan fingerprint density at radius 2 is 2.40 bits per heavy atom. The van der Waals surface area contributed by atoms with E-state index in [1.165, 1.54) is 5.69 Å². The molecule has 0 aliphatic heterocycles. The molecule has 1 atom stereocenters. The number of H-pyrrole nitrogens is 1. The number of aromatic nitrogens is 1. The monoisotopic (exact) mass is 210 g/mol. The van der Waals surface area contributed by atoms with E-state index in [-0.39, 0.29) is 5.92 Å². The zero-order valence-corrected chi connectivity index (χ0v) is 8.99. The number of aromatic amines is 1. The van der Waals surface area contributed by atoms with Crippen LogP contribution in [0.4, 0.5) is 0 Å². The first-order chi connectivity index (χ1) is 7.20. The molecule has 3 N–H and O–H groups in total. The van der Waals surface area contributed by atoms with Crippen LogP contribution in [-0.2, 0) is 11.2 Å². The molecule has 4 heteroatoms. The smallest absolute Gasteiger partial charge is 0.306 e. The third-order valence-corrected chi connectivity index (χ3v) is 2.41. The van der Waals surface area contributed by atoms with Gasteiger partial charge in [0.05, 0.1) is 5.92 Å². The molecule has 0 aromatic carbocycles. The van der Waals surface area contributed by atoms with Gasteiger partial charge in [0.25, 0.3) is 0 Å². The van der Waals surface area contributed by atoms with Crippen molar-refractivity contribution in [2.24, 2.45) is 5.92 Å². The highest BCUT2D eigenvalue weighted by Crippen LogP contribution is 1.99. The van der Waals surface area contributed by atoms with Gasteiger partial charge in [-0.15, -0.1) is 0 Å². The summed E-state index contributed by atoms with van der Waals surface area (Å²) in [5.41, 5.74) is 1.20. The van der Waals surface area contributed by atoms with Crippen LogP contribution in [0.5, 0.6) is 0 Å². The number of hydrogen-bond donors (Lipinski definition) is 3. The Hall–Kier alpha value is -1.29. The summed E-state index contributed by atoms with van der Waals surface area (Å²) in [5, 5.41) is 11.9. The van der Waals surface area contributed by atoms with Gasteiger partial charge in [0.1, 0.15) is 0 Å². The molecule has 1 unspecified atom stereocenters. The Labute approximate surface area is 89.7 Å². The number of carboxylic acid groups (broad SMARTS) is 1. The molecule has 0 amide bonds. The molecule has 84 valence electrons. The van der Waals surface area contributed by atoms with Crippen molar-refractivity contribution < 1.29 is 9.90 Å². The molecule has 1 rings (SSSR count). The number of rotatable bonds is 7. The molecule has 0 radical (unpaired) electrons. The van der Waals surface area contributed by atoms with Gasteiger partial charge in [-0.05, 0) is 31.5 Å². The molecule has 0 aliphatic carbocycles. The van der Waals surface area contributed by atoms with Crippen LogP contribution in [0, 0.1) is 5.92 Å². The van der Waals surface area contributed by atoms with Gasteiger partial charge < -0.3 is 15.4 Å². The minimum absolute atomic E-state index is 0.261. The summed E-state index contributed by atoms with van der Waals surface area (Å²) >= 11 is 0. The van der Waals surface area contributed by atoms with Crippen LogP contribution in [0.25, 0.3) is 0 Å². The third kappa shape index (κ3) is 4.65. The van der Waals surface area contributed by atoms with Crippen LogP contribution in [0.3, 0.4) is 0 Å². The van der Waals surface area contributed by atoms with Crippen LogP contribution in [-0.4, -0.2) is 29.1 Å². The van der Waals surface area contributed by atoms with Crippen molar-refractivity contribution in [2.75, 3.05) is 13.1 Å². The highest BCUT2D eigenvalue weighted by molar-refractivity contribution is 5.69. The molecule has 1 aromatic rings. The lowest BCUT2D eigenvalue weighted by atomic mass is 10.1. The molecule has 15 heavy (non-hydrogen) atoms. The fraction of sp³-hybridized carbons (Fsp3) is 0.545. The largest absolute Gasteiger partial charge is 0.481 e. The van der Waals surface area contributed by atoms with Crippen molar-refractivity contribution in [1.29, 1.82) is 0 Å². The fourth-order valence-electron chi connectivity index (χ4n) is 1.31. The van der Waals surface area contributed by atoms with Gasteiger partial charge in [-0.25, -0.2) is 0 Å². The normalized spacial score (nSPS) is 12.6. The van der Waals surface area contributed by atoms with E-state index >= 15 is 0 Å². The van der Waals surface area contributed by atoms with E-state index in [9.17, 15) is 4.79 Å². The summed E-state index contributed by atoms with van der Waals surface area (Å²) in [4.78, 5) is 13.6. The minimum Gasteiger partial charge on any atom is -0.481 e. The van der Waals surface area contributed by atoms with E-state index in [0.717, 1.165) is 19.5 Å². The van der Waals surface area contributed by atoms with Crippen LogP contribution >= 0.6 is 0 Å². The maximum absolute atomic E-state index is 10.5. The first-order valence-electron chi connectivity index (χ1n) is 5.26. The van der Waals surface area contributed by atoms with Crippen molar-refractivity contribution in [2.45, 2.75) is 19.8 Å². The van der Waals surface area contributed by atoms with E-state index in [1.807, 2.05) is 18.3 Å². The average molecular weight is 210 g/mol. The molecular weight excluding hydrogens is 192 g/mol. The van der Waals surface area contributed by atoms with Crippen LogP contribution < -0.4 is 5.32 Å². The van der Waals surface area contributed by atoms with Gasteiger partial charge in [0.2, 0.25) is 0 Å². The van der Waals surface area contributed by atoms with Crippen LogP contribution in [0.2, 0.25) is 0 Å². The molecule has 0 saturated heterocycles. The molecule has 0 bridgehead atoms. The molecule has 0 saturated carbocycles. The molecule has 0 fully saturated rings. The predicted octanol–water partition coefficient (Wildman–Crippen LogP) is 1.26. The summed E-state index contributed by atoms with van der Waals surface area (Å²) in [6.07, 6.45) is 3.54. The van der Waals surface area contributed by atoms with Crippen molar-refractivity contribution >= 4 is 5.97 Å². The van der Waals surface area contributed by atoms with Crippen molar-refractivity contribution in [3.63, 3.8) is 0 Å². The van der Waals surface area contributed by atoms with Gasteiger partial charge in [0.15, 0.2) is 0 Å². The predicted molar refractivity (Wildman–Crippen MR) is 58.8 cm³/mol. The number of nitrogens with one attached hydrogen (secondary N) is 2. The molecule has 0 aliphatic rings. The second-order valence-corrected chi connectivity index (χ2v) is 3.72. The number of carboxylic acids is 1. The first-order valence-corrected chi connectivity index (χ1v) is 5.26. The van der Waals surface area contributed by atoms with Crippen LogP contribution in [0.1, 0.15) is 19.0 Å². The number of aliphatic carboxylic acids is 1. The Kier molecular flexibility index (Phi) is 4.90. The Morgan fingerprint density at radius 1 is 1.60 bits per heavy atom. The van der Waals surface area contributed by atoms with E-state index in [4.69, 9.17) is 5.11 Å². The van der Waals surface area contributed by atoms with Crippen LogP contribution in [0.15, 0.2) is 18.3 Å². The second kappa shape index (κ2) is 6.24. The van der Waals surface area contributed by atoms with Gasteiger partial charge in [-0.2, -0.15) is 0 Å². The van der Waals surface area contributed by atoms with Gasteiger partial charge in [-0.3, -0.25) is 4.79 Å². The topological polar surface area (TPSA) is 65.1 Å². The van der Waals surface area contributed by atoms with Gasteiger partial charge in [-0.1, -0.05) is 6.92 Å². The highest BCUT2D eigenvalue weighted by Gasteiger charge is 2.09. The molecule has 0 spiro atoms. The fourth-order valence-corrected chi connectivity index (χ4v) is 1.31. The summed E-state index contributed by atoms with van der Waals surface area (Å²) in [6, 6.07) is 4.02. The maximum atomic E-state index is 10.5. The first kappa shape index (κ1) is 11.8. The Morgan fingerprint density at radius 3 is 3.00 bits per heavy atom. The van der Waals surface area contributed by atoms with E-state index in [2.05, 4.69) is 10.3 Å². The SMILES string of the molecule is CC(CCNCCc1ccc[nH]1)C(=O)O. The lowest BCUT2D eigenvalue weighted by molar-refractivity contribution is -0.141. The molecule has 1 aromatic heterocycles. The summed E-state index contributed by atoms with van der Waals surface area (Å²) in [6.45, 7) is 3.37. The maximum Gasteiger partial charge on any atom is 0.306 e. The zero-order chi connectivity index (χ0) is 11.1. The summed E-state index contributed by atoms with van der Waals surface area (Å²) in [5.74, 6) is -0.982. The van der Waals surface area contributed by atoms with Crippen molar-refractivity contribution in [3.05, 3.63) is 24.0 Å². The average Bonchev–Trinajstić information content (AvgIpc) is 2.69.